The van der Waals surface area contributed by atoms with Crippen molar-refractivity contribution in [3.8, 4) is 0 Å². The van der Waals surface area contributed by atoms with E-state index in [4.69, 9.17) is 9.29 Å². The predicted molar refractivity (Wildman–Crippen MR) is 134 cm³/mol. The number of amides is 2. The van der Waals surface area contributed by atoms with E-state index >= 15 is 0 Å². The van der Waals surface area contributed by atoms with Crippen LogP contribution in [0.3, 0.4) is 0 Å². The van der Waals surface area contributed by atoms with E-state index in [0.717, 1.165) is 29.3 Å². The Morgan fingerprint density at radius 2 is 1.46 bits per heavy atom. The lowest BCUT2D eigenvalue weighted by atomic mass is 10.1. The summed E-state index contributed by atoms with van der Waals surface area (Å²) in [4.78, 5) is 37.3. The number of carbonyl (C=O) groups is 3. The second-order valence-electron chi connectivity index (χ2n) is 5.92. The Hall–Kier alpha value is 0.660. The third-order valence-corrected chi connectivity index (χ3v) is 11.9. The van der Waals surface area contributed by atoms with Crippen LogP contribution in [0, 0.1) is 14.3 Å². The number of benzene rings is 1. The number of carbonyl (C=O) groups excluding carboxylic acids is 3. The van der Waals surface area contributed by atoms with Crippen molar-refractivity contribution in [1.29, 1.82) is 0 Å². The van der Waals surface area contributed by atoms with Gasteiger partial charge in [0.25, 0.3) is 16.0 Å². The Kier molecular flexibility index (Phi) is 9.18. The van der Waals surface area contributed by atoms with Crippen LogP contribution in [0.15, 0.2) is 0 Å². The Bertz CT molecular complexity index is 942. The third kappa shape index (κ3) is 6.33. The minimum absolute atomic E-state index is 0.0406. The third-order valence-electron chi connectivity index (χ3n) is 3.84. The van der Waals surface area contributed by atoms with E-state index in [1.54, 1.807) is 0 Å². The molecule has 13 heteroatoms. The molecule has 1 saturated carbocycles. The van der Waals surface area contributed by atoms with E-state index < -0.39 is 33.7 Å². The summed E-state index contributed by atoms with van der Waals surface area (Å²) in [7, 11) is -4.59. The van der Waals surface area contributed by atoms with E-state index in [0.29, 0.717) is 10.7 Å². The number of esters is 1. The second kappa shape index (κ2) is 10.3. The Balaban J connectivity index is 2.44. The molecule has 0 heterocycles. The van der Waals surface area contributed by atoms with Gasteiger partial charge in [0, 0.05) is 14.3 Å². The standard InChI is InChI=1S/C15H13I4NO7S/c16-10-8(14(22)20-7(21)5-28(24,25)26)9(11(17)13(19)12(10)18)15(23)27-6-3-1-2-4-6/h6H,1-5H2,(H,20,21,22)(H,24,25,26). The minimum Gasteiger partial charge on any atom is -0.459 e. The topological polar surface area (TPSA) is 127 Å². The highest BCUT2D eigenvalue weighted by molar-refractivity contribution is 14.1. The summed E-state index contributed by atoms with van der Waals surface area (Å²) in [6.07, 6.45) is 3.24. The van der Waals surface area contributed by atoms with Crippen LogP contribution in [0.2, 0.25) is 0 Å². The molecular weight excluding hydrogens is 846 g/mol. The molecule has 0 aromatic heterocycles. The molecule has 1 aromatic rings. The minimum atomic E-state index is -4.59. The summed E-state index contributed by atoms with van der Waals surface area (Å²) in [6, 6.07) is 0. The van der Waals surface area contributed by atoms with Crippen LogP contribution >= 0.6 is 90.4 Å². The van der Waals surface area contributed by atoms with Crippen LogP contribution in [-0.4, -0.2) is 42.6 Å². The van der Waals surface area contributed by atoms with E-state index in [1.165, 1.54) is 0 Å². The number of halogens is 4. The summed E-state index contributed by atoms with van der Waals surface area (Å²) in [5.41, 5.74) is -0.0135. The van der Waals surface area contributed by atoms with Gasteiger partial charge in [-0.15, -0.1) is 0 Å². The summed E-state index contributed by atoms with van der Waals surface area (Å²) in [5, 5.41) is 1.92. The molecule has 0 radical (unpaired) electrons. The van der Waals surface area contributed by atoms with Gasteiger partial charge in [-0.05, 0) is 116 Å². The van der Waals surface area contributed by atoms with Gasteiger partial charge in [0.05, 0.1) is 11.1 Å². The molecule has 1 aliphatic rings. The lowest BCUT2D eigenvalue weighted by Crippen LogP contribution is -2.37. The molecular formula is C15H13I4NO7S. The normalized spacial score (nSPS) is 14.8. The molecule has 0 saturated heterocycles. The smallest absolute Gasteiger partial charge is 0.340 e. The van der Waals surface area contributed by atoms with Crippen molar-refractivity contribution >= 4 is 118 Å². The molecule has 2 amide bonds. The average Bonchev–Trinajstić information content (AvgIpc) is 3.06. The van der Waals surface area contributed by atoms with Crippen molar-refractivity contribution in [2.24, 2.45) is 0 Å². The first-order chi connectivity index (χ1) is 12.9. The summed E-state index contributed by atoms with van der Waals surface area (Å²) < 4.78 is 38.5. The molecule has 2 rings (SSSR count). The molecule has 1 aliphatic carbocycles. The zero-order valence-corrected chi connectivity index (χ0v) is 23.4. The number of rotatable bonds is 5. The Labute approximate surface area is 216 Å². The Morgan fingerprint density at radius 1 is 0.964 bits per heavy atom. The molecule has 0 unspecified atom stereocenters. The fourth-order valence-electron chi connectivity index (χ4n) is 2.64. The van der Waals surface area contributed by atoms with E-state index in [-0.39, 0.29) is 17.2 Å². The highest BCUT2D eigenvalue weighted by Crippen LogP contribution is 2.34. The quantitative estimate of drug-likeness (QED) is 0.153. The summed E-state index contributed by atoms with van der Waals surface area (Å²) in [6.45, 7) is 0. The first-order valence-electron chi connectivity index (χ1n) is 7.78. The van der Waals surface area contributed by atoms with Crippen LogP contribution < -0.4 is 5.32 Å². The fourth-order valence-corrected chi connectivity index (χ4v) is 6.70. The molecule has 28 heavy (non-hydrogen) atoms. The number of ether oxygens (including phenoxy) is 1. The molecule has 0 bridgehead atoms. The largest absolute Gasteiger partial charge is 0.459 e. The predicted octanol–water partition coefficient (Wildman–Crippen LogP) is 3.35. The van der Waals surface area contributed by atoms with Gasteiger partial charge in [-0.2, -0.15) is 8.42 Å². The highest BCUT2D eigenvalue weighted by Gasteiger charge is 2.31. The number of hydrogen-bond donors (Lipinski definition) is 2. The van der Waals surface area contributed by atoms with Crippen LogP contribution in [0.4, 0.5) is 0 Å². The summed E-state index contributed by atoms with van der Waals surface area (Å²) >= 11 is 7.93. The van der Waals surface area contributed by atoms with E-state index in [2.05, 4.69) is 22.6 Å². The van der Waals surface area contributed by atoms with Crippen LogP contribution in [0.25, 0.3) is 0 Å². The highest BCUT2D eigenvalue weighted by atomic mass is 127. The van der Waals surface area contributed by atoms with Crippen LogP contribution in [0.5, 0.6) is 0 Å². The van der Waals surface area contributed by atoms with Gasteiger partial charge in [-0.3, -0.25) is 19.5 Å². The van der Waals surface area contributed by atoms with Gasteiger partial charge in [0.15, 0.2) is 5.75 Å². The van der Waals surface area contributed by atoms with E-state index in [1.807, 2.05) is 73.1 Å². The number of imide groups is 1. The maximum absolute atomic E-state index is 12.8. The average molecular weight is 859 g/mol. The van der Waals surface area contributed by atoms with Gasteiger partial charge in [-0.25, -0.2) is 4.79 Å². The maximum Gasteiger partial charge on any atom is 0.340 e. The van der Waals surface area contributed by atoms with Crippen molar-refractivity contribution in [1.82, 2.24) is 5.32 Å². The molecule has 0 aliphatic heterocycles. The molecule has 1 fully saturated rings. The number of hydrogen-bond acceptors (Lipinski definition) is 6. The van der Waals surface area contributed by atoms with Crippen molar-refractivity contribution in [3.63, 3.8) is 0 Å². The van der Waals surface area contributed by atoms with E-state index in [9.17, 15) is 22.8 Å². The van der Waals surface area contributed by atoms with Gasteiger partial charge in [-0.1, -0.05) is 0 Å². The first kappa shape index (κ1) is 24.9. The Morgan fingerprint density at radius 3 is 1.96 bits per heavy atom. The van der Waals surface area contributed by atoms with Crippen molar-refractivity contribution in [2.75, 3.05) is 5.75 Å². The zero-order valence-electron chi connectivity index (χ0n) is 13.9. The van der Waals surface area contributed by atoms with Gasteiger partial charge >= 0.3 is 5.97 Å². The second-order valence-corrected chi connectivity index (χ2v) is 11.7. The molecule has 154 valence electrons. The summed E-state index contributed by atoms with van der Waals surface area (Å²) in [5.74, 6) is -4.03. The SMILES string of the molecule is O=C(CS(=O)(=O)O)NC(=O)c1c(I)c(I)c(I)c(I)c1C(=O)OC1CCCC1. The molecule has 8 nitrogen and oxygen atoms in total. The van der Waals surface area contributed by atoms with Gasteiger partial charge < -0.3 is 4.74 Å². The van der Waals surface area contributed by atoms with Crippen molar-refractivity contribution in [2.45, 2.75) is 31.8 Å². The number of nitrogens with one attached hydrogen (secondary N) is 1. The van der Waals surface area contributed by atoms with Crippen LogP contribution in [-0.2, 0) is 19.6 Å². The maximum atomic E-state index is 12.8. The fraction of sp³-hybridized carbons (Fsp3) is 0.400. The van der Waals surface area contributed by atoms with Crippen molar-refractivity contribution < 1.29 is 32.1 Å². The van der Waals surface area contributed by atoms with Gasteiger partial charge in [0.1, 0.15) is 6.10 Å². The van der Waals surface area contributed by atoms with Crippen molar-refractivity contribution in [3.05, 3.63) is 25.4 Å². The molecule has 1 aromatic carbocycles. The van der Waals surface area contributed by atoms with Crippen LogP contribution in [0.1, 0.15) is 46.4 Å². The molecule has 0 atom stereocenters. The first-order valence-corrected chi connectivity index (χ1v) is 13.7. The monoisotopic (exact) mass is 859 g/mol. The lowest BCUT2D eigenvalue weighted by Gasteiger charge is -2.18. The molecule has 2 N–H and O–H groups in total. The van der Waals surface area contributed by atoms with Gasteiger partial charge in [0.2, 0.25) is 5.91 Å². The lowest BCUT2D eigenvalue weighted by molar-refractivity contribution is -0.117. The molecule has 0 spiro atoms. The zero-order chi connectivity index (χ0) is 21.2.